The molecule has 0 fully saturated rings. The van der Waals surface area contributed by atoms with E-state index in [0.29, 0.717) is 16.9 Å². The Labute approximate surface area is 213 Å². The molecule has 0 spiro atoms. The molecule has 36 heavy (non-hydrogen) atoms. The monoisotopic (exact) mass is 525 g/mol. The minimum Gasteiger partial charge on any atom is -0.772 e. The van der Waals surface area contributed by atoms with Gasteiger partial charge in [0.15, 0.2) is 0 Å². The molecule has 0 radical (unpaired) electrons. The number of carboxylic acid groups (broad SMARTS) is 1. The molecule has 1 aromatic heterocycles. The lowest BCUT2D eigenvalue weighted by Gasteiger charge is -2.34. The van der Waals surface area contributed by atoms with Gasteiger partial charge in [-0.1, -0.05) is 68.4 Å². The lowest BCUT2D eigenvalue weighted by Crippen LogP contribution is -2.45. The molecule has 1 heterocycles. The topological polar surface area (TPSA) is 134 Å². The largest absolute Gasteiger partial charge is 0.772 e. The summed E-state index contributed by atoms with van der Waals surface area (Å²) in [5.41, 5.74) is 2.91. The van der Waals surface area contributed by atoms with Crippen LogP contribution in [0.4, 0.5) is 5.69 Å². The third-order valence-electron chi connectivity index (χ3n) is 5.86. The summed E-state index contributed by atoms with van der Waals surface area (Å²) in [5, 5.41) is 9.37. The van der Waals surface area contributed by atoms with Gasteiger partial charge in [0.05, 0.1) is 0 Å². The van der Waals surface area contributed by atoms with E-state index in [4.69, 9.17) is 4.42 Å². The van der Waals surface area contributed by atoms with E-state index >= 15 is 0 Å². The van der Waals surface area contributed by atoms with Crippen molar-refractivity contribution in [2.45, 2.75) is 25.1 Å². The van der Waals surface area contributed by atoms with Crippen molar-refractivity contribution in [3.63, 3.8) is 0 Å². The molecule has 0 aliphatic rings. The average molecular weight is 526 g/mol. The highest BCUT2D eigenvalue weighted by Gasteiger charge is 2.30. The van der Waals surface area contributed by atoms with Crippen LogP contribution in [0.1, 0.15) is 30.4 Å². The SMILES string of the molecule is CC(C)C(C(=O)O)N(c1ccc(-c2ccc(C(c3cc4ccccc4o3)S(=O)[O-])cc2)cc1)S(=O)[O-]. The Morgan fingerprint density at radius 2 is 1.50 bits per heavy atom. The number of hydrogen-bond donors (Lipinski definition) is 1. The summed E-state index contributed by atoms with van der Waals surface area (Å²) >= 11 is -5.24. The molecule has 0 aliphatic heterocycles. The number of hydrogen-bond acceptors (Lipinski definition) is 6. The van der Waals surface area contributed by atoms with Crippen LogP contribution in [-0.2, 0) is 27.1 Å². The van der Waals surface area contributed by atoms with Crippen LogP contribution in [0.5, 0.6) is 0 Å². The molecule has 0 amide bonds. The highest BCUT2D eigenvalue weighted by Crippen LogP contribution is 2.34. The Balaban J connectivity index is 1.61. The first-order valence-electron chi connectivity index (χ1n) is 11.1. The molecule has 10 heteroatoms. The van der Waals surface area contributed by atoms with Gasteiger partial charge in [-0.2, -0.15) is 0 Å². The van der Waals surface area contributed by atoms with Crippen molar-refractivity contribution in [2.75, 3.05) is 4.31 Å². The van der Waals surface area contributed by atoms with E-state index < -0.39 is 45.5 Å². The quantitative estimate of drug-likeness (QED) is 0.311. The summed E-state index contributed by atoms with van der Waals surface area (Å²) in [4.78, 5) is 11.7. The maximum atomic E-state index is 12.1. The van der Waals surface area contributed by atoms with Gasteiger partial charge in [-0.3, -0.25) is 12.7 Å². The van der Waals surface area contributed by atoms with Crippen molar-refractivity contribution in [1.82, 2.24) is 0 Å². The van der Waals surface area contributed by atoms with Gasteiger partial charge in [0, 0.05) is 22.3 Å². The van der Waals surface area contributed by atoms with Gasteiger partial charge < -0.3 is 18.6 Å². The third kappa shape index (κ3) is 5.26. The van der Waals surface area contributed by atoms with Crippen LogP contribution in [0.2, 0.25) is 0 Å². The van der Waals surface area contributed by atoms with Gasteiger partial charge in [-0.15, -0.1) is 0 Å². The molecule has 0 saturated heterocycles. The Kier molecular flexibility index (Phi) is 7.70. The lowest BCUT2D eigenvalue weighted by molar-refractivity contribution is -0.139. The van der Waals surface area contributed by atoms with Gasteiger partial charge >= 0.3 is 5.97 Å². The first-order chi connectivity index (χ1) is 17.2. The fourth-order valence-corrected chi connectivity index (χ4v) is 5.65. The summed E-state index contributed by atoms with van der Waals surface area (Å²) in [5.74, 6) is -1.35. The van der Waals surface area contributed by atoms with Crippen molar-refractivity contribution in [2.24, 2.45) is 5.92 Å². The average Bonchev–Trinajstić information content (AvgIpc) is 3.25. The van der Waals surface area contributed by atoms with Crippen LogP contribution in [-0.4, -0.2) is 34.6 Å². The first kappa shape index (κ1) is 25.8. The van der Waals surface area contributed by atoms with E-state index in [1.165, 1.54) is 0 Å². The number of fused-ring (bicyclic) bond motifs is 1. The van der Waals surface area contributed by atoms with Crippen LogP contribution < -0.4 is 4.31 Å². The standard InChI is InChI=1S/C26H25NO7S2/c1-16(2)24(26(28)29)27(36(32)33)21-13-11-18(12-14-21)17-7-9-19(10-8-17)25(35(30)31)23-15-20-5-3-4-6-22(20)34-23/h3-16,24-25H,1-2H3,(H,28,29)(H,30,31)(H,32,33)/p-2. The number of aliphatic carboxylic acids is 1. The minimum absolute atomic E-state index is 0.233. The van der Waals surface area contributed by atoms with Crippen LogP contribution in [0.25, 0.3) is 22.1 Å². The second-order valence-electron chi connectivity index (χ2n) is 8.57. The van der Waals surface area contributed by atoms with Crippen LogP contribution in [0.3, 0.4) is 0 Å². The number of carbonyl (C=O) groups is 1. The molecule has 4 unspecified atom stereocenters. The molecule has 0 bridgehead atoms. The van der Waals surface area contributed by atoms with Crippen LogP contribution in [0, 0.1) is 5.92 Å². The second-order valence-corrected chi connectivity index (χ2v) is 10.4. The van der Waals surface area contributed by atoms with E-state index in [1.807, 2.05) is 18.2 Å². The predicted octanol–water partition coefficient (Wildman–Crippen LogP) is 4.78. The maximum absolute atomic E-state index is 12.1. The molecule has 1 N–H and O–H groups in total. The zero-order valence-electron chi connectivity index (χ0n) is 19.4. The van der Waals surface area contributed by atoms with Crippen molar-refractivity contribution in [1.29, 1.82) is 0 Å². The van der Waals surface area contributed by atoms with Crippen molar-refractivity contribution in [3.05, 3.63) is 90.2 Å². The van der Waals surface area contributed by atoms with Crippen molar-refractivity contribution < 1.29 is 31.8 Å². The van der Waals surface area contributed by atoms with Gasteiger partial charge in [-0.25, -0.2) is 4.79 Å². The first-order valence-corrected chi connectivity index (χ1v) is 13.2. The predicted molar refractivity (Wildman–Crippen MR) is 137 cm³/mol. The molecule has 4 atom stereocenters. The van der Waals surface area contributed by atoms with Gasteiger partial charge in [0.25, 0.3) is 0 Å². The van der Waals surface area contributed by atoms with Gasteiger partial charge in [0.1, 0.15) is 22.6 Å². The summed E-state index contributed by atoms with van der Waals surface area (Å²) in [6, 6.07) is 21.2. The molecule has 0 aliphatic carbocycles. The zero-order chi connectivity index (χ0) is 26.0. The summed E-state index contributed by atoms with van der Waals surface area (Å²) < 4.78 is 54.5. The number of anilines is 1. The van der Waals surface area contributed by atoms with Gasteiger partial charge in [0.2, 0.25) is 0 Å². The number of furan rings is 1. The van der Waals surface area contributed by atoms with Crippen molar-refractivity contribution in [3.8, 4) is 11.1 Å². The zero-order valence-corrected chi connectivity index (χ0v) is 21.0. The molecule has 8 nitrogen and oxygen atoms in total. The van der Waals surface area contributed by atoms with E-state index in [2.05, 4.69) is 0 Å². The summed E-state index contributed by atoms with van der Waals surface area (Å²) in [6.07, 6.45) is 0. The Hall–Kier alpha value is -3.31. The fraction of sp³-hybridized carbons (Fsp3) is 0.192. The molecular formula is C26H23NO7S2-2. The number of benzene rings is 3. The van der Waals surface area contributed by atoms with Gasteiger partial charge in [-0.05, 0) is 58.0 Å². The Morgan fingerprint density at radius 1 is 0.917 bits per heavy atom. The summed E-state index contributed by atoms with van der Waals surface area (Å²) in [6.45, 7) is 3.28. The summed E-state index contributed by atoms with van der Waals surface area (Å²) in [7, 11) is 0. The number of nitrogens with zero attached hydrogens (tertiary/aromatic N) is 1. The normalized spacial score (nSPS) is 14.9. The Morgan fingerprint density at radius 3 is 2.00 bits per heavy atom. The highest BCUT2D eigenvalue weighted by molar-refractivity contribution is 7.80. The fourth-order valence-electron chi connectivity index (χ4n) is 4.15. The highest BCUT2D eigenvalue weighted by atomic mass is 32.2. The van der Waals surface area contributed by atoms with Crippen LogP contribution in [0.15, 0.2) is 83.3 Å². The lowest BCUT2D eigenvalue weighted by atomic mass is 10.0. The minimum atomic E-state index is -2.78. The van der Waals surface area contributed by atoms with E-state index in [1.54, 1.807) is 74.5 Å². The Bertz CT molecular complexity index is 1380. The third-order valence-corrected chi connectivity index (χ3v) is 7.51. The molecule has 0 saturated carbocycles. The molecule has 188 valence electrons. The maximum Gasteiger partial charge on any atom is 0.327 e. The molecular weight excluding hydrogens is 502 g/mol. The number of carboxylic acids is 1. The molecule has 3 aromatic carbocycles. The molecule has 4 rings (SSSR count). The van der Waals surface area contributed by atoms with E-state index in [-0.39, 0.29) is 5.69 Å². The van der Waals surface area contributed by atoms with Crippen LogP contribution >= 0.6 is 0 Å². The van der Waals surface area contributed by atoms with E-state index in [0.717, 1.165) is 20.8 Å². The number of rotatable bonds is 9. The smallest absolute Gasteiger partial charge is 0.327 e. The molecule has 4 aromatic rings. The number of para-hydroxylation sites is 1. The van der Waals surface area contributed by atoms with E-state index in [9.17, 15) is 27.4 Å². The second kappa shape index (κ2) is 10.8. The van der Waals surface area contributed by atoms with Crippen molar-refractivity contribution >= 4 is 45.0 Å².